The molecule has 4 nitrogen and oxygen atoms in total. The molecule has 1 aromatic rings. The lowest BCUT2D eigenvalue weighted by molar-refractivity contribution is 0.203. The Morgan fingerprint density at radius 3 is 2.75 bits per heavy atom. The molecule has 0 aliphatic rings. The Morgan fingerprint density at radius 2 is 2.19 bits per heavy atom. The van der Waals surface area contributed by atoms with Crippen LogP contribution in [0.3, 0.4) is 0 Å². The van der Waals surface area contributed by atoms with Gasteiger partial charge in [-0.15, -0.1) is 0 Å². The van der Waals surface area contributed by atoms with E-state index in [0.717, 1.165) is 16.7 Å². The van der Waals surface area contributed by atoms with Crippen molar-refractivity contribution >= 4 is 27.3 Å². The maximum atomic E-state index is 9.02. The smallest absolute Gasteiger partial charge is 0.0637 e. The largest absolute Gasteiger partial charge is 0.399 e. The number of ether oxygens (including phenoxy) is 1. The second kappa shape index (κ2) is 6.73. The maximum absolute atomic E-state index is 9.02. The van der Waals surface area contributed by atoms with Crippen molar-refractivity contribution in [1.82, 2.24) is 0 Å². The summed E-state index contributed by atoms with van der Waals surface area (Å²) in [6.07, 6.45) is 0. The highest BCUT2D eigenvalue weighted by Gasteiger charge is 2.09. The number of halogens is 1. The molecule has 16 heavy (non-hydrogen) atoms. The monoisotopic (exact) mass is 288 g/mol. The van der Waals surface area contributed by atoms with Crippen molar-refractivity contribution < 1.29 is 9.84 Å². The van der Waals surface area contributed by atoms with E-state index in [9.17, 15) is 0 Å². The van der Waals surface area contributed by atoms with Crippen LogP contribution in [0.4, 0.5) is 11.4 Å². The highest BCUT2D eigenvalue weighted by atomic mass is 79.9. The molecule has 0 heterocycles. The van der Waals surface area contributed by atoms with Gasteiger partial charge in [0.15, 0.2) is 0 Å². The second-order valence-corrected chi connectivity index (χ2v) is 4.27. The zero-order valence-electron chi connectivity index (χ0n) is 9.32. The summed E-state index contributed by atoms with van der Waals surface area (Å²) in [5.74, 6) is 0. The first-order valence-corrected chi connectivity index (χ1v) is 5.88. The molecule has 0 saturated heterocycles. The number of methoxy groups -OCH3 is 1. The molecule has 0 bridgehead atoms. The third-order valence-electron chi connectivity index (χ3n) is 2.25. The Bertz CT molecular complexity index is 334. The fraction of sp³-hybridized carbons (Fsp3) is 0.455. The van der Waals surface area contributed by atoms with Gasteiger partial charge in [0.2, 0.25) is 0 Å². The molecule has 0 aromatic heterocycles. The molecule has 0 aliphatic carbocycles. The zero-order chi connectivity index (χ0) is 12.0. The van der Waals surface area contributed by atoms with Crippen LogP contribution in [0.1, 0.15) is 0 Å². The molecule has 1 aromatic carbocycles. The summed E-state index contributed by atoms with van der Waals surface area (Å²) in [5.41, 5.74) is 7.41. The first-order chi connectivity index (χ1) is 7.69. The van der Waals surface area contributed by atoms with E-state index in [-0.39, 0.29) is 6.61 Å². The molecule has 5 heteroatoms. The summed E-state index contributed by atoms with van der Waals surface area (Å²) in [4.78, 5) is 2.05. The minimum Gasteiger partial charge on any atom is -0.399 e. The van der Waals surface area contributed by atoms with Crippen LogP contribution in [0.15, 0.2) is 22.7 Å². The van der Waals surface area contributed by atoms with E-state index in [4.69, 9.17) is 15.6 Å². The van der Waals surface area contributed by atoms with Crippen LogP contribution in [0.2, 0.25) is 0 Å². The molecule has 0 amide bonds. The van der Waals surface area contributed by atoms with E-state index < -0.39 is 0 Å². The number of hydrogen-bond acceptors (Lipinski definition) is 4. The topological polar surface area (TPSA) is 58.7 Å². The molecule has 0 unspecified atom stereocenters. The van der Waals surface area contributed by atoms with Gasteiger partial charge >= 0.3 is 0 Å². The lowest BCUT2D eigenvalue weighted by atomic mass is 10.2. The quantitative estimate of drug-likeness (QED) is 0.779. The van der Waals surface area contributed by atoms with E-state index in [1.54, 1.807) is 7.11 Å². The van der Waals surface area contributed by atoms with Gasteiger partial charge in [-0.25, -0.2) is 0 Å². The lowest BCUT2D eigenvalue weighted by Gasteiger charge is -2.24. The predicted molar refractivity (Wildman–Crippen MR) is 69.7 cm³/mol. The Morgan fingerprint density at radius 1 is 1.44 bits per heavy atom. The van der Waals surface area contributed by atoms with Gasteiger partial charge in [-0.3, -0.25) is 0 Å². The third-order valence-corrected chi connectivity index (χ3v) is 2.88. The van der Waals surface area contributed by atoms with Gasteiger partial charge in [0.25, 0.3) is 0 Å². The van der Waals surface area contributed by atoms with Crippen LogP contribution in [-0.4, -0.2) is 38.5 Å². The fourth-order valence-corrected chi connectivity index (χ4v) is 2.10. The van der Waals surface area contributed by atoms with Crippen LogP contribution in [-0.2, 0) is 4.74 Å². The highest BCUT2D eigenvalue weighted by Crippen LogP contribution is 2.27. The molecule has 3 N–H and O–H groups in total. The zero-order valence-corrected chi connectivity index (χ0v) is 10.9. The molecule has 90 valence electrons. The first-order valence-electron chi connectivity index (χ1n) is 5.08. The molecule has 0 fully saturated rings. The van der Waals surface area contributed by atoms with Gasteiger partial charge < -0.3 is 20.5 Å². The van der Waals surface area contributed by atoms with Gasteiger partial charge in [-0.05, 0) is 34.1 Å². The summed E-state index contributed by atoms with van der Waals surface area (Å²) in [6.45, 7) is 2.04. The van der Waals surface area contributed by atoms with Crippen molar-refractivity contribution in [2.24, 2.45) is 0 Å². The van der Waals surface area contributed by atoms with Gasteiger partial charge in [0, 0.05) is 30.4 Å². The lowest BCUT2D eigenvalue weighted by Crippen LogP contribution is -2.30. The average molecular weight is 289 g/mol. The van der Waals surface area contributed by atoms with Gasteiger partial charge in [0.1, 0.15) is 0 Å². The molecule has 0 spiro atoms. The minimum absolute atomic E-state index is 0.112. The molecule has 0 saturated carbocycles. The normalized spacial score (nSPS) is 10.4. The van der Waals surface area contributed by atoms with Crippen LogP contribution >= 0.6 is 15.9 Å². The van der Waals surface area contributed by atoms with E-state index in [1.165, 1.54) is 0 Å². The van der Waals surface area contributed by atoms with Gasteiger partial charge in [-0.2, -0.15) is 0 Å². The van der Waals surface area contributed by atoms with Crippen molar-refractivity contribution in [1.29, 1.82) is 0 Å². The number of nitrogen functional groups attached to an aromatic ring is 1. The van der Waals surface area contributed by atoms with Crippen molar-refractivity contribution in [3.63, 3.8) is 0 Å². The number of hydrogen-bond donors (Lipinski definition) is 2. The number of anilines is 2. The van der Waals surface area contributed by atoms with E-state index in [0.29, 0.717) is 18.8 Å². The Kier molecular flexibility index (Phi) is 5.59. The molecular formula is C11H17BrN2O2. The summed E-state index contributed by atoms with van der Waals surface area (Å²) < 4.78 is 5.97. The number of rotatable bonds is 6. The SMILES string of the molecule is COCCN(CCO)c1ccc(N)cc1Br. The van der Waals surface area contributed by atoms with Crippen molar-refractivity contribution in [3.8, 4) is 0 Å². The maximum Gasteiger partial charge on any atom is 0.0637 e. The van der Waals surface area contributed by atoms with Crippen LogP contribution < -0.4 is 10.6 Å². The molecule has 1 rings (SSSR count). The fourth-order valence-electron chi connectivity index (χ4n) is 1.45. The number of benzene rings is 1. The average Bonchev–Trinajstić information content (AvgIpc) is 2.25. The van der Waals surface area contributed by atoms with E-state index in [1.807, 2.05) is 23.1 Å². The standard InChI is InChI=1S/C11H17BrN2O2/c1-16-7-5-14(4-6-15)11-3-2-9(13)8-10(11)12/h2-3,8,15H,4-7,13H2,1H3. The Labute approximate surface area is 104 Å². The molecule has 0 aliphatic heterocycles. The van der Waals surface area contributed by atoms with Crippen molar-refractivity contribution in [3.05, 3.63) is 22.7 Å². The number of nitrogens with two attached hydrogens (primary N) is 1. The number of aliphatic hydroxyl groups excluding tert-OH is 1. The van der Waals surface area contributed by atoms with Crippen molar-refractivity contribution in [2.75, 3.05) is 44.0 Å². The van der Waals surface area contributed by atoms with Crippen LogP contribution in [0.5, 0.6) is 0 Å². The van der Waals surface area contributed by atoms with E-state index >= 15 is 0 Å². The Hall–Kier alpha value is -0.780. The minimum atomic E-state index is 0.112. The summed E-state index contributed by atoms with van der Waals surface area (Å²) >= 11 is 3.47. The summed E-state index contributed by atoms with van der Waals surface area (Å²) in [7, 11) is 1.66. The molecular weight excluding hydrogens is 272 g/mol. The summed E-state index contributed by atoms with van der Waals surface area (Å²) in [5, 5.41) is 9.02. The van der Waals surface area contributed by atoms with E-state index in [2.05, 4.69) is 15.9 Å². The van der Waals surface area contributed by atoms with Crippen molar-refractivity contribution in [2.45, 2.75) is 0 Å². The van der Waals surface area contributed by atoms with Crippen LogP contribution in [0, 0.1) is 0 Å². The number of aliphatic hydroxyl groups is 1. The van der Waals surface area contributed by atoms with Crippen LogP contribution in [0.25, 0.3) is 0 Å². The predicted octanol–water partition coefficient (Wildman–Crippen LogP) is 1.48. The highest BCUT2D eigenvalue weighted by molar-refractivity contribution is 9.10. The number of nitrogens with zero attached hydrogens (tertiary/aromatic N) is 1. The second-order valence-electron chi connectivity index (χ2n) is 3.41. The third kappa shape index (κ3) is 3.66. The molecule has 0 atom stereocenters. The first kappa shape index (κ1) is 13.3. The summed E-state index contributed by atoms with van der Waals surface area (Å²) in [6, 6.07) is 5.63. The van der Waals surface area contributed by atoms with Gasteiger partial charge in [0.05, 0.1) is 18.9 Å². The Balaban J connectivity index is 2.82. The molecule has 0 radical (unpaired) electrons. The van der Waals surface area contributed by atoms with Gasteiger partial charge in [-0.1, -0.05) is 0 Å².